The summed E-state index contributed by atoms with van der Waals surface area (Å²) >= 11 is 10.4. The summed E-state index contributed by atoms with van der Waals surface area (Å²) in [5, 5.41) is 17.3. The lowest BCUT2D eigenvalue weighted by Crippen LogP contribution is -2.18. The van der Waals surface area contributed by atoms with Crippen LogP contribution in [0, 0.1) is 0 Å². The maximum atomic E-state index is 11.8. The maximum Gasteiger partial charge on any atom is 0.326 e. The van der Waals surface area contributed by atoms with Crippen molar-refractivity contribution in [2.75, 3.05) is 10.6 Å². The van der Waals surface area contributed by atoms with Gasteiger partial charge in [-0.25, -0.2) is 4.79 Å². The molecule has 2 N–H and O–H groups in total. The Morgan fingerprint density at radius 1 is 1.17 bits per heavy atom. The van der Waals surface area contributed by atoms with Crippen LogP contribution < -0.4 is 10.6 Å². The second kappa shape index (κ2) is 7.78. The highest BCUT2D eigenvalue weighted by Crippen LogP contribution is 2.30. The molecule has 0 spiro atoms. The molecule has 0 bridgehead atoms. The summed E-state index contributed by atoms with van der Waals surface area (Å²) in [6, 6.07) is 11.1. The van der Waals surface area contributed by atoms with E-state index in [0.717, 1.165) is 19.9 Å². The second-order valence-electron chi connectivity index (χ2n) is 4.31. The van der Waals surface area contributed by atoms with Gasteiger partial charge in [0.2, 0.25) is 5.13 Å². The van der Waals surface area contributed by atoms with Gasteiger partial charge in [0.1, 0.15) is 0 Å². The molecule has 5 nitrogen and oxygen atoms in total. The van der Waals surface area contributed by atoms with Crippen LogP contribution in [0.1, 0.15) is 5.56 Å². The molecule has 2 aromatic heterocycles. The first-order valence-electron chi connectivity index (χ1n) is 6.52. The highest BCUT2D eigenvalue weighted by atomic mass is 35.5. The summed E-state index contributed by atoms with van der Waals surface area (Å²) < 4.78 is 0.774. The minimum Gasteiger partial charge on any atom is -0.299 e. The fourth-order valence-corrected chi connectivity index (χ4v) is 4.31. The number of aromatic nitrogens is 2. The number of amides is 2. The van der Waals surface area contributed by atoms with Gasteiger partial charge >= 0.3 is 6.03 Å². The number of urea groups is 1. The molecule has 0 atom stereocenters. The Kier molecular flexibility index (Phi) is 5.50. The second-order valence-corrected chi connectivity index (χ2v) is 7.86. The average Bonchev–Trinajstić information content (AvgIpc) is 3.18. The van der Waals surface area contributed by atoms with Gasteiger partial charge in [-0.1, -0.05) is 52.9 Å². The third-order valence-corrected chi connectivity index (χ3v) is 5.87. The van der Waals surface area contributed by atoms with Crippen LogP contribution in [0.15, 0.2) is 46.1 Å². The number of rotatable bonds is 5. The zero-order valence-electron chi connectivity index (χ0n) is 11.7. The number of halogens is 1. The predicted molar refractivity (Wildman–Crippen MR) is 97.9 cm³/mol. The fourth-order valence-electron chi connectivity index (χ4n) is 1.66. The number of thiophene rings is 1. The third kappa shape index (κ3) is 4.68. The van der Waals surface area contributed by atoms with Gasteiger partial charge in [0.05, 0.1) is 5.00 Å². The van der Waals surface area contributed by atoms with E-state index in [2.05, 4.69) is 20.8 Å². The highest BCUT2D eigenvalue weighted by Gasteiger charge is 2.10. The van der Waals surface area contributed by atoms with E-state index < -0.39 is 0 Å². The van der Waals surface area contributed by atoms with Gasteiger partial charge in [-0.3, -0.25) is 10.6 Å². The smallest absolute Gasteiger partial charge is 0.299 e. The van der Waals surface area contributed by atoms with Crippen molar-refractivity contribution in [3.8, 4) is 0 Å². The Bertz CT molecular complexity index is 791. The van der Waals surface area contributed by atoms with Crippen molar-refractivity contribution >= 4 is 62.2 Å². The quantitative estimate of drug-likeness (QED) is 0.470. The lowest BCUT2D eigenvalue weighted by Gasteiger charge is -2.01. The summed E-state index contributed by atoms with van der Waals surface area (Å²) in [6.07, 6.45) is 0. The molecule has 0 aliphatic carbocycles. The molecular formula is C14H11ClN4OS3. The van der Waals surface area contributed by atoms with Crippen LogP contribution in [0.25, 0.3) is 0 Å². The Morgan fingerprint density at radius 2 is 2.04 bits per heavy atom. The molecule has 0 aliphatic heterocycles. The average molecular weight is 383 g/mol. The van der Waals surface area contributed by atoms with E-state index in [1.807, 2.05) is 41.8 Å². The van der Waals surface area contributed by atoms with Crippen LogP contribution in [0.5, 0.6) is 0 Å². The van der Waals surface area contributed by atoms with Gasteiger partial charge in [-0.2, -0.15) is 0 Å². The van der Waals surface area contributed by atoms with Gasteiger partial charge < -0.3 is 0 Å². The number of thioether (sulfide) groups is 1. The molecule has 0 radical (unpaired) electrons. The Hall–Kier alpha value is -1.61. The van der Waals surface area contributed by atoms with Crippen LogP contribution in [-0.4, -0.2) is 16.2 Å². The molecule has 23 heavy (non-hydrogen) atoms. The molecule has 1 aromatic carbocycles. The van der Waals surface area contributed by atoms with Gasteiger partial charge in [0.25, 0.3) is 0 Å². The number of hydrogen-bond acceptors (Lipinski definition) is 6. The van der Waals surface area contributed by atoms with Crippen LogP contribution >= 0.6 is 46.0 Å². The van der Waals surface area contributed by atoms with E-state index in [1.165, 1.54) is 34.4 Å². The first-order valence-corrected chi connectivity index (χ1v) is 9.58. The summed E-state index contributed by atoms with van der Waals surface area (Å²) in [5.41, 5.74) is 1.04. The predicted octanol–water partition coefficient (Wildman–Crippen LogP) is 5.19. The van der Waals surface area contributed by atoms with Crippen LogP contribution in [0.3, 0.4) is 0 Å². The SMILES string of the molecule is O=C(Nc1cccs1)Nc1nnc(SCc2ccccc2Cl)s1. The van der Waals surface area contributed by atoms with Crippen molar-refractivity contribution < 1.29 is 4.79 Å². The Morgan fingerprint density at radius 3 is 2.83 bits per heavy atom. The molecule has 9 heteroatoms. The lowest BCUT2D eigenvalue weighted by molar-refractivity contribution is 0.262. The third-order valence-electron chi connectivity index (χ3n) is 2.69. The van der Waals surface area contributed by atoms with Crippen molar-refractivity contribution in [3.63, 3.8) is 0 Å². The highest BCUT2D eigenvalue weighted by molar-refractivity contribution is 8.00. The number of nitrogens with zero attached hydrogens (tertiary/aromatic N) is 2. The molecule has 0 saturated heterocycles. The van der Waals surface area contributed by atoms with Crippen molar-refractivity contribution in [2.24, 2.45) is 0 Å². The molecule has 0 saturated carbocycles. The largest absolute Gasteiger partial charge is 0.326 e. The molecule has 3 aromatic rings. The first kappa shape index (κ1) is 16.3. The summed E-state index contributed by atoms with van der Waals surface area (Å²) in [6.45, 7) is 0. The molecule has 3 rings (SSSR count). The zero-order chi connectivity index (χ0) is 16.1. The zero-order valence-corrected chi connectivity index (χ0v) is 14.9. The summed E-state index contributed by atoms with van der Waals surface area (Å²) in [4.78, 5) is 11.8. The minimum atomic E-state index is -0.328. The van der Waals surface area contributed by atoms with Crippen LogP contribution in [-0.2, 0) is 5.75 Å². The Balaban J connectivity index is 1.53. The summed E-state index contributed by atoms with van der Waals surface area (Å²) in [5.74, 6) is 0.704. The molecule has 0 aliphatic rings. The number of carbonyl (C=O) groups is 1. The minimum absolute atomic E-state index is 0.328. The van der Waals surface area contributed by atoms with Gasteiger partial charge in [0, 0.05) is 10.8 Å². The monoisotopic (exact) mass is 382 g/mol. The Labute approximate surface area is 150 Å². The fraction of sp³-hybridized carbons (Fsp3) is 0.0714. The molecule has 2 heterocycles. The van der Waals surface area contributed by atoms with E-state index in [9.17, 15) is 4.79 Å². The number of anilines is 2. The van der Waals surface area contributed by atoms with E-state index >= 15 is 0 Å². The standard InChI is InChI=1S/C14H11ClN4OS3/c15-10-5-2-1-4-9(10)8-22-14-19-18-13(23-14)17-12(20)16-11-6-3-7-21-11/h1-7H,8H2,(H2,16,17,18,20). The van der Waals surface area contributed by atoms with Crippen molar-refractivity contribution in [1.82, 2.24) is 10.2 Å². The van der Waals surface area contributed by atoms with Crippen molar-refractivity contribution in [3.05, 3.63) is 52.4 Å². The summed E-state index contributed by atoms with van der Waals surface area (Å²) in [7, 11) is 0. The van der Waals surface area contributed by atoms with Gasteiger partial charge in [-0.05, 0) is 29.1 Å². The number of benzene rings is 1. The van der Waals surface area contributed by atoms with Crippen LogP contribution in [0.2, 0.25) is 5.02 Å². The van der Waals surface area contributed by atoms with E-state index in [4.69, 9.17) is 11.6 Å². The number of hydrogen-bond donors (Lipinski definition) is 2. The first-order chi connectivity index (χ1) is 11.2. The number of carbonyl (C=O) groups excluding carboxylic acids is 1. The van der Waals surface area contributed by atoms with E-state index in [1.54, 1.807) is 0 Å². The van der Waals surface area contributed by atoms with E-state index in [-0.39, 0.29) is 6.03 Å². The molecule has 0 unspecified atom stereocenters. The van der Waals surface area contributed by atoms with Gasteiger partial charge in [-0.15, -0.1) is 21.5 Å². The van der Waals surface area contributed by atoms with Gasteiger partial charge in [0.15, 0.2) is 4.34 Å². The molecule has 118 valence electrons. The van der Waals surface area contributed by atoms with E-state index in [0.29, 0.717) is 10.9 Å². The maximum absolute atomic E-state index is 11.8. The molecular weight excluding hydrogens is 372 g/mol. The normalized spacial score (nSPS) is 10.5. The van der Waals surface area contributed by atoms with Crippen LogP contribution in [0.4, 0.5) is 14.9 Å². The molecule has 2 amide bonds. The molecule has 0 fully saturated rings. The topological polar surface area (TPSA) is 66.9 Å². The lowest BCUT2D eigenvalue weighted by atomic mass is 10.2. The number of nitrogens with one attached hydrogen (secondary N) is 2. The van der Waals surface area contributed by atoms with Crippen molar-refractivity contribution in [1.29, 1.82) is 0 Å². The van der Waals surface area contributed by atoms with Crippen molar-refractivity contribution in [2.45, 2.75) is 10.1 Å².